The predicted molar refractivity (Wildman–Crippen MR) is 61.7 cm³/mol. The van der Waals surface area contributed by atoms with E-state index in [0.29, 0.717) is 5.92 Å². The van der Waals surface area contributed by atoms with Gasteiger partial charge in [0.15, 0.2) is 0 Å². The van der Waals surface area contributed by atoms with Crippen LogP contribution in [0.4, 0.5) is 0 Å². The largest absolute Gasteiger partial charge is 0.389 e. The van der Waals surface area contributed by atoms with Gasteiger partial charge in [-0.3, -0.25) is 0 Å². The fourth-order valence-electron chi connectivity index (χ4n) is 1.91. The maximum atomic E-state index is 9.61. The summed E-state index contributed by atoms with van der Waals surface area (Å²) in [6.07, 6.45) is 3.60. The van der Waals surface area contributed by atoms with Crippen molar-refractivity contribution in [1.82, 2.24) is 0 Å². The normalized spacial score (nSPS) is 27.5. The lowest BCUT2D eigenvalue weighted by Gasteiger charge is -2.22. The molecule has 3 heteroatoms. The molecule has 0 radical (unpaired) electrons. The molecule has 0 spiro atoms. The molecule has 0 aliphatic heterocycles. The Morgan fingerprint density at radius 2 is 2.29 bits per heavy atom. The average Bonchev–Trinajstić information content (AvgIpc) is 2.50. The first kappa shape index (κ1) is 10.2. The molecule has 2 atom stereocenters. The molecule has 0 amide bonds. The summed E-state index contributed by atoms with van der Waals surface area (Å²) in [6.45, 7) is 2.17. The molecule has 2 rings (SSSR count). The second-order valence-corrected chi connectivity index (χ2v) is 5.62. The number of halogens is 1. The first-order valence-electron chi connectivity index (χ1n) is 4.79. The number of hydrogen-bond acceptors (Lipinski definition) is 2. The Bertz CT molecular complexity index is 356. The summed E-state index contributed by atoms with van der Waals surface area (Å²) in [5.41, 5.74) is 1.24. The Balaban J connectivity index is 2.25. The number of rotatable bonds is 1. The zero-order valence-corrected chi connectivity index (χ0v) is 9.61. The van der Waals surface area contributed by atoms with Crippen LogP contribution in [-0.4, -0.2) is 11.2 Å². The van der Waals surface area contributed by atoms with Crippen molar-refractivity contribution in [3.8, 4) is 0 Å². The number of allylic oxidation sites excluding steroid dienone is 1. The van der Waals surface area contributed by atoms with Gasteiger partial charge in [0.1, 0.15) is 0 Å². The van der Waals surface area contributed by atoms with E-state index >= 15 is 0 Å². The highest BCUT2D eigenvalue weighted by Gasteiger charge is 2.19. The molecule has 0 saturated carbocycles. The number of aliphatic hydroxyl groups is 1. The highest BCUT2D eigenvalue weighted by atomic mass is 35.5. The lowest BCUT2D eigenvalue weighted by atomic mass is 9.88. The second-order valence-electron chi connectivity index (χ2n) is 3.91. The molecule has 1 N–H and O–H groups in total. The summed E-state index contributed by atoms with van der Waals surface area (Å²) < 4.78 is 0.814. The van der Waals surface area contributed by atoms with E-state index < -0.39 is 0 Å². The molecule has 1 nitrogen and oxygen atoms in total. The van der Waals surface area contributed by atoms with Gasteiger partial charge in [-0.15, -0.1) is 11.3 Å². The van der Waals surface area contributed by atoms with E-state index in [1.54, 1.807) is 11.3 Å². The van der Waals surface area contributed by atoms with Crippen LogP contribution >= 0.6 is 22.9 Å². The van der Waals surface area contributed by atoms with Gasteiger partial charge in [-0.2, -0.15) is 0 Å². The quantitative estimate of drug-likeness (QED) is 0.779. The lowest BCUT2D eigenvalue weighted by Crippen LogP contribution is -2.15. The van der Waals surface area contributed by atoms with E-state index in [9.17, 15) is 5.11 Å². The van der Waals surface area contributed by atoms with Crippen molar-refractivity contribution in [2.75, 3.05) is 0 Å². The Morgan fingerprint density at radius 3 is 2.86 bits per heavy atom. The topological polar surface area (TPSA) is 20.2 Å². The van der Waals surface area contributed by atoms with Crippen LogP contribution in [-0.2, 0) is 0 Å². The summed E-state index contributed by atoms with van der Waals surface area (Å²) in [4.78, 5) is 1.20. The van der Waals surface area contributed by atoms with Gasteiger partial charge in [0.05, 0.1) is 10.4 Å². The third-order valence-electron chi connectivity index (χ3n) is 2.50. The Labute approximate surface area is 93.0 Å². The minimum Gasteiger partial charge on any atom is -0.389 e. The average molecular weight is 229 g/mol. The second kappa shape index (κ2) is 4.05. The molecule has 0 saturated heterocycles. The molecule has 76 valence electrons. The van der Waals surface area contributed by atoms with Crippen LogP contribution in [0.3, 0.4) is 0 Å². The van der Waals surface area contributed by atoms with Crippen LogP contribution in [0.25, 0.3) is 5.57 Å². The van der Waals surface area contributed by atoms with E-state index in [0.717, 1.165) is 17.2 Å². The summed E-state index contributed by atoms with van der Waals surface area (Å²) in [7, 11) is 0. The molecule has 1 aromatic heterocycles. The standard InChI is InChI=1S/C11H13ClOS/c1-7-4-8(6-9(13)5-7)10-2-3-11(12)14-10/h2-3,6-7,9,13H,4-5H2,1H3. The van der Waals surface area contributed by atoms with Gasteiger partial charge in [0.2, 0.25) is 0 Å². The molecule has 0 bridgehead atoms. The van der Waals surface area contributed by atoms with Gasteiger partial charge < -0.3 is 5.11 Å². The van der Waals surface area contributed by atoms with Crippen LogP contribution in [0.5, 0.6) is 0 Å². The van der Waals surface area contributed by atoms with Crippen LogP contribution in [0.1, 0.15) is 24.6 Å². The van der Waals surface area contributed by atoms with E-state index in [-0.39, 0.29) is 6.10 Å². The van der Waals surface area contributed by atoms with Crippen LogP contribution in [0.2, 0.25) is 4.34 Å². The molecular weight excluding hydrogens is 216 g/mol. The molecule has 0 aromatic carbocycles. The Morgan fingerprint density at radius 1 is 1.50 bits per heavy atom. The summed E-state index contributed by atoms with van der Waals surface area (Å²) >= 11 is 7.47. The maximum absolute atomic E-state index is 9.61. The van der Waals surface area contributed by atoms with Gasteiger partial charge in [-0.05, 0) is 36.5 Å². The van der Waals surface area contributed by atoms with Crippen LogP contribution in [0.15, 0.2) is 18.2 Å². The van der Waals surface area contributed by atoms with Gasteiger partial charge in [-0.25, -0.2) is 0 Å². The number of hydrogen-bond donors (Lipinski definition) is 1. The van der Waals surface area contributed by atoms with Crippen LogP contribution in [0, 0.1) is 5.92 Å². The monoisotopic (exact) mass is 228 g/mol. The first-order valence-corrected chi connectivity index (χ1v) is 5.99. The van der Waals surface area contributed by atoms with Crippen molar-refractivity contribution in [3.05, 3.63) is 27.4 Å². The molecular formula is C11H13ClOS. The lowest BCUT2D eigenvalue weighted by molar-refractivity contribution is 0.186. The molecule has 1 aromatic rings. The number of thiophene rings is 1. The van der Waals surface area contributed by atoms with Crippen molar-refractivity contribution >= 4 is 28.5 Å². The van der Waals surface area contributed by atoms with Crippen molar-refractivity contribution in [1.29, 1.82) is 0 Å². The van der Waals surface area contributed by atoms with Gasteiger partial charge in [0.25, 0.3) is 0 Å². The molecule has 14 heavy (non-hydrogen) atoms. The highest BCUT2D eigenvalue weighted by Crippen LogP contribution is 2.35. The first-order chi connectivity index (χ1) is 6.65. The molecule has 2 unspecified atom stereocenters. The highest BCUT2D eigenvalue weighted by molar-refractivity contribution is 7.17. The minimum atomic E-state index is -0.283. The smallest absolute Gasteiger partial charge is 0.0934 e. The summed E-state index contributed by atoms with van der Waals surface area (Å²) in [6, 6.07) is 3.94. The van der Waals surface area contributed by atoms with Crippen molar-refractivity contribution in [2.45, 2.75) is 25.9 Å². The van der Waals surface area contributed by atoms with Crippen LogP contribution < -0.4 is 0 Å². The van der Waals surface area contributed by atoms with Gasteiger partial charge >= 0.3 is 0 Å². The predicted octanol–water partition coefficient (Wildman–Crippen LogP) is 3.58. The fourth-order valence-corrected chi connectivity index (χ4v) is 2.99. The third-order valence-corrected chi connectivity index (χ3v) is 3.80. The van der Waals surface area contributed by atoms with Crippen molar-refractivity contribution < 1.29 is 5.11 Å². The van der Waals surface area contributed by atoms with Gasteiger partial charge in [-0.1, -0.05) is 24.6 Å². The zero-order chi connectivity index (χ0) is 10.1. The molecule has 1 aliphatic carbocycles. The van der Waals surface area contributed by atoms with Crippen molar-refractivity contribution in [3.63, 3.8) is 0 Å². The molecule has 0 fully saturated rings. The Kier molecular flexibility index (Phi) is 2.96. The van der Waals surface area contributed by atoms with Crippen molar-refractivity contribution in [2.24, 2.45) is 5.92 Å². The third kappa shape index (κ3) is 2.19. The minimum absolute atomic E-state index is 0.283. The Hall–Kier alpha value is -0.310. The van der Waals surface area contributed by atoms with E-state index in [1.165, 1.54) is 10.5 Å². The van der Waals surface area contributed by atoms with E-state index in [1.807, 2.05) is 18.2 Å². The van der Waals surface area contributed by atoms with E-state index in [4.69, 9.17) is 11.6 Å². The van der Waals surface area contributed by atoms with E-state index in [2.05, 4.69) is 6.92 Å². The van der Waals surface area contributed by atoms with Gasteiger partial charge in [0, 0.05) is 4.88 Å². The molecule has 1 aliphatic rings. The molecule has 1 heterocycles. The SMILES string of the molecule is CC1CC(c2ccc(Cl)s2)=CC(O)C1. The summed E-state index contributed by atoms with van der Waals surface area (Å²) in [5.74, 6) is 0.561. The maximum Gasteiger partial charge on any atom is 0.0934 e. The zero-order valence-electron chi connectivity index (χ0n) is 8.03. The number of aliphatic hydroxyl groups excluding tert-OH is 1. The summed E-state index contributed by atoms with van der Waals surface area (Å²) in [5, 5.41) is 9.61. The fraction of sp³-hybridized carbons (Fsp3) is 0.455.